The van der Waals surface area contributed by atoms with Gasteiger partial charge >= 0.3 is 6.01 Å². The number of piperidine rings is 1. The van der Waals surface area contributed by atoms with Gasteiger partial charge in [0.2, 0.25) is 0 Å². The molecule has 0 saturated carbocycles. The maximum Gasteiger partial charge on any atom is 0.319 e. The molecule has 7 rings (SSSR count). The maximum absolute atomic E-state index is 16.9. The van der Waals surface area contributed by atoms with Gasteiger partial charge in [-0.25, -0.2) is 13.2 Å². The summed E-state index contributed by atoms with van der Waals surface area (Å²) in [6, 6.07) is 6.15. The highest BCUT2D eigenvalue weighted by molar-refractivity contribution is 6.04. The van der Waals surface area contributed by atoms with Crippen LogP contribution in [-0.4, -0.2) is 71.4 Å². The number of piperazine rings is 1. The van der Waals surface area contributed by atoms with E-state index in [-0.39, 0.29) is 81.1 Å². The number of aromatic nitrogens is 2. The number of hydrogen-bond acceptors (Lipinski definition) is 7. The predicted octanol–water partition coefficient (Wildman–Crippen LogP) is 6.76. The summed E-state index contributed by atoms with van der Waals surface area (Å²) in [5.41, 5.74) is -2.28. The molecule has 0 amide bonds. The Morgan fingerprint density at radius 2 is 1.85 bits per heavy atom. The van der Waals surface area contributed by atoms with Crippen LogP contribution < -0.4 is 15.0 Å². The van der Waals surface area contributed by atoms with Gasteiger partial charge < -0.3 is 25.0 Å². The van der Waals surface area contributed by atoms with Gasteiger partial charge in [-0.15, -0.1) is 6.42 Å². The van der Waals surface area contributed by atoms with Crippen LogP contribution in [0.5, 0.6) is 11.8 Å². The van der Waals surface area contributed by atoms with Crippen LogP contribution in [0.3, 0.4) is 0 Å². The van der Waals surface area contributed by atoms with Crippen LogP contribution >= 0.6 is 0 Å². The van der Waals surface area contributed by atoms with Crippen LogP contribution in [0.2, 0.25) is 0 Å². The molecule has 4 aromatic rings. The van der Waals surface area contributed by atoms with E-state index in [2.05, 4.69) is 26.1 Å². The van der Waals surface area contributed by atoms with Crippen molar-refractivity contribution in [2.24, 2.45) is 5.41 Å². The number of fused-ring (bicyclic) bond motifs is 4. The van der Waals surface area contributed by atoms with Crippen LogP contribution in [0.4, 0.5) is 27.8 Å². The Bertz CT molecular complexity index is 2010. The Hall–Kier alpha value is -4.47. The Morgan fingerprint density at radius 1 is 1.10 bits per heavy atom. The molecule has 3 aliphatic heterocycles. The molecule has 3 saturated heterocycles. The third-order valence-electron chi connectivity index (χ3n) is 10.00. The van der Waals surface area contributed by atoms with E-state index in [4.69, 9.17) is 11.2 Å². The molecule has 0 aliphatic carbocycles. The van der Waals surface area contributed by atoms with Crippen molar-refractivity contribution >= 4 is 27.5 Å². The Balaban J connectivity index is 1.40. The Morgan fingerprint density at radius 3 is 2.54 bits per heavy atom. The van der Waals surface area contributed by atoms with Crippen molar-refractivity contribution in [3.63, 3.8) is 0 Å². The summed E-state index contributed by atoms with van der Waals surface area (Å²) in [4.78, 5) is 13.0. The summed E-state index contributed by atoms with van der Waals surface area (Å²) in [6.45, 7) is 5.99. The van der Waals surface area contributed by atoms with Gasteiger partial charge in [0.05, 0.1) is 11.1 Å². The number of benzene rings is 3. The van der Waals surface area contributed by atoms with Gasteiger partial charge in [0.1, 0.15) is 35.3 Å². The SMILES string of the molecule is C#Cc1c(F)ccc2cc(O)cc(-c3c(F)cc4c(N5C[C@H]6CC[C@@H](C5)N6)nc(OC[C@]5(C)CN(CC)CCC5=C(F)F)nc4c3F)c12. The molecule has 48 heavy (non-hydrogen) atoms. The largest absolute Gasteiger partial charge is 0.508 e. The fraction of sp³-hybridized carbons (Fsp3) is 0.389. The minimum atomic E-state index is -1.75. The molecule has 3 aliphatic rings. The van der Waals surface area contributed by atoms with Crippen LogP contribution in [0.1, 0.15) is 38.7 Å². The van der Waals surface area contributed by atoms with Gasteiger partial charge in [0.25, 0.3) is 6.08 Å². The second-order valence-corrected chi connectivity index (χ2v) is 13.2. The Kier molecular flexibility index (Phi) is 8.16. The van der Waals surface area contributed by atoms with Crippen molar-refractivity contribution in [3.05, 3.63) is 65.0 Å². The van der Waals surface area contributed by atoms with E-state index >= 15 is 8.78 Å². The molecule has 250 valence electrons. The fourth-order valence-electron chi connectivity index (χ4n) is 7.63. The van der Waals surface area contributed by atoms with Crippen LogP contribution in [-0.2, 0) is 0 Å². The average Bonchev–Trinajstić information content (AvgIpc) is 3.40. The number of halogens is 5. The van der Waals surface area contributed by atoms with Crippen molar-refractivity contribution in [3.8, 4) is 35.2 Å². The number of likely N-dealkylation sites (tertiary alicyclic amines) is 1. The second-order valence-electron chi connectivity index (χ2n) is 13.2. The molecular formula is C36H34F5N5O2. The van der Waals surface area contributed by atoms with Crippen molar-refractivity contribution in [1.82, 2.24) is 20.2 Å². The number of rotatable bonds is 6. The summed E-state index contributed by atoms with van der Waals surface area (Å²) in [7, 11) is 0. The number of aromatic hydroxyl groups is 1. The highest BCUT2D eigenvalue weighted by Gasteiger charge is 2.39. The molecule has 2 N–H and O–H groups in total. The number of hydrogen-bond donors (Lipinski definition) is 2. The summed E-state index contributed by atoms with van der Waals surface area (Å²) in [5, 5.41) is 14.5. The first-order chi connectivity index (χ1) is 23.0. The molecule has 2 bridgehead atoms. The number of anilines is 1. The lowest BCUT2D eigenvalue weighted by molar-refractivity contribution is 0.0924. The van der Waals surface area contributed by atoms with E-state index in [0.717, 1.165) is 31.0 Å². The van der Waals surface area contributed by atoms with Crippen LogP contribution in [0.25, 0.3) is 32.8 Å². The maximum atomic E-state index is 16.9. The number of terminal acetylenes is 1. The van der Waals surface area contributed by atoms with E-state index in [9.17, 15) is 18.3 Å². The molecule has 1 aromatic heterocycles. The highest BCUT2D eigenvalue weighted by Crippen LogP contribution is 2.43. The molecule has 3 atom stereocenters. The van der Waals surface area contributed by atoms with Crippen molar-refractivity contribution in [1.29, 1.82) is 0 Å². The van der Waals surface area contributed by atoms with Gasteiger partial charge in [-0.3, -0.25) is 0 Å². The van der Waals surface area contributed by atoms with Gasteiger partial charge in [-0.05, 0) is 55.5 Å². The van der Waals surface area contributed by atoms with E-state index in [1.807, 2.05) is 11.8 Å². The number of ether oxygens (including phenoxy) is 1. The topological polar surface area (TPSA) is 73.8 Å². The first-order valence-corrected chi connectivity index (χ1v) is 16.0. The smallest absolute Gasteiger partial charge is 0.319 e. The molecule has 3 aromatic carbocycles. The van der Waals surface area contributed by atoms with Crippen LogP contribution in [0.15, 0.2) is 42.0 Å². The highest BCUT2D eigenvalue weighted by atomic mass is 19.3. The lowest BCUT2D eigenvalue weighted by Crippen LogP contribution is -2.51. The molecule has 0 spiro atoms. The third kappa shape index (κ3) is 5.48. The van der Waals surface area contributed by atoms with E-state index < -0.39 is 34.5 Å². The average molecular weight is 664 g/mol. The molecule has 3 fully saturated rings. The van der Waals surface area contributed by atoms with Crippen LogP contribution in [0, 0.1) is 35.2 Å². The predicted molar refractivity (Wildman–Crippen MR) is 174 cm³/mol. The zero-order valence-electron chi connectivity index (χ0n) is 26.5. The quantitative estimate of drug-likeness (QED) is 0.175. The van der Waals surface area contributed by atoms with Gasteiger partial charge in [-0.2, -0.15) is 18.7 Å². The van der Waals surface area contributed by atoms with Gasteiger partial charge in [-0.1, -0.05) is 25.8 Å². The van der Waals surface area contributed by atoms with Gasteiger partial charge in [0.15, 0.2) is 5.82 Å². The number of phenols is 1. The normalized spacial score (nSPS) is 22.8. The molecule has 4 heterocycles. The van der Waals surface area contributed by atoms with Crippen molar-refractivity contribution < 1.29 is 31.8 Å². The summed E-state index contributed by atoms with van der Waals surface area (Å²) < 4.78 is 82.3. The van der Waals surface area contributed by atoms with E-state index in [1.54, 1.807) is 6.92 Å². The minimum Gasteiger partial charge on any atom is -0.508 e. The molecule has 7 nitrogen and oxygen atoms in total. The zero-order chi connectivity index (χ0) is 33.9. The number of nitrogens with zero attached hydrogens (tertiary/aromatic N) is 4. The molecular weight excluding hydrogens is 629 g/mol. The summed E-state index contributed by atoms with van der Waals surface area (Å²) >= 11 is 0. The fourth-order valence-corrected chi connectivity index (χ4v) is 7.63. The first-order valence-electron chi connectivity index (χ1n) is 16.0. The van der Waals surface area contributed by atoms with E-state index in [1.165, 1.54) is 12.1 Å². The van der Waals surface area contributed by atoms with Crippen molar-refractivity contribution in [2.45, 2.75) is 45.2 Å². The standard InChI is InChI=1S/C36H34F5N5O2/c1-4-23-27(37)9-6-19-12-22(47)13-24(29(19)23)30-28(38)14-25-32(31(30)39)43-35(44-34(25)46-15-20-7-8-21(16-46)42-20)48-18-36(3)17-45(5-2)11-10-26(36)33(40)41/h1,6,9,12-14,20-21,42,47H,5,7-8,10-11,15-18H2,2-3H3/t20-,21+,36-/m0/s1. The number of phenolic OH excluding ortho intramolecular Hbond substituents is 1. The van der Waals surface area contributed by atoms with Crippen molar-refractivity contribution in [2.75, 3.05) is 44.2 Å². The second kappa shape index (κ2) is 12.2. The molecule has 12 heteroatoms. The Labute approximate surface area is 274 Å². The minimum absolute atomic E-state index is 0.00487. The number of nitrogens with one attached hydrogen (secondary N) is 1. The summed E-state index contributed by atoms with van der Waals surface area (Å²) in [5.74, 6) is -0.620. The monoisotopic (exact) mass is 663 g/mol. The molecule has 0 unspecified atom stereocenters. The lowest BCUT2D eigenvalue weighted by atomic mass is 9.78. The molecule has 0 radical (unpaired) electrons. The van der Waals surface area contributed by atoms with E-state index in [0.29, 0.717) is 32.7 Å². The first kappa shape index (κ1) is 32.1. The lowest BCUT2D eigenvalue weighted by Gasteiger charge is -2.41. The third-order valence-corrected chi connectivity index (χ3v) is 10.00. The van der Waals surface area contributed by atoms with Gasteiger partial charge in [0, 0.05) is 65.6 Å². The zero-order valence-corrected chi connectivity index (χ0v) is 26.5. The summed E-state index contributed by atoms with van der Waals surface area (Å²) in [6.07, 6.45) is 5.94.